The van der Waals surface area contributed by atoms with Crippen LogP contribution in [0.1, 0.15) is 5.56 Å². The maximum absolute atomic E-state index is 9.90. The monoisotopic (exact) mass is 393 g/mol. The first-order valence-corrected chi connectivity index (χ1v) is 6.78. The number of aromatic hydroxyl groups is 2. The summed E-state index contributed by atoms with van der Waals surface area (Å²) in [4.78, 5) is 0. The fourth-order valence-corrected chi connectivity index (χ4v) is 2.25. The van der Waals surface area contributed by atoms with Crippen LogP contribution >= 0.6 is 38.5 Å². The van der Waals surface area contributed by atoms with Gasteiger partial charge in [0.05, 0.1) is 5.69 Å². The van der Waals surface area contributed by atoms with E-state index in [1.165, 1.54) is 4.57 Å². The van der Waals surface area contributed by atoms with Gasteiger partial charge in [0.1, 0.15) is 0 Å². The van der Waals surface area contributed by atoms with E-state index in [0.29, 0.717) is 10.9 Å². The number of hydrogen-bond donors (Lipinski definition) is 2. The van der Waals surface area contributed by atoms with E-state index < -0.39 is 0 Å². The van der Waals surface area contributed by atoms with Crippen LogP contribution in [0.2, 0.25) is 0 Å². The second-order valence-corrected chi connectivity index (χ2v) is 5.10. The van der Waals surface area contributed by atoms with Gasteiger partial charge in [-0.15, -0.1) is 0 Å². The molecule has 16 heavy (non-hydrogen) atoms. The SMILES string of the molecule is Oc1cc(CBr)c(O)n1-c1ccc(I)cc1. The largest absolute Gasteiger partial charge is 0.494 e. The van der Waals surface area contributed by atoms with Gasteiger partial charge in [-0.25, -0.2) is 0 Å². The average Bonchev–Trinajstić information content (AvgIpc) is 2.56. The molecule has 0 bridgehead atoms. The van der Waals surface area contributed by atoms with Gasteiger partial charge in [0.2, 0.25) is 5.88 Å². The van der Waals surface area contributed by atoms with E-state index in [1.807, 2.05) is 24.3 Å². The lowest BCUT2D eigenvalue weighted by Crippen LogP contribution is -1.92. The Bertz CT molecular complexity index is 507. The molecule has 0 atom stereocenters. The quantitative estimate of drug-likeness (QED) is 0.606. The minimum absolute atomic E-state index is 0.0353. The van der Waals surface area contributed by atoms with Gasteiger partial charge in [0.15, 0.2) is 5.88 Å². The van der Waals surface area contributed by atoms with Gasteiger partial charge in [-0.1, -0.05) is 15.9 Å². The van der Waals surface area contributed by atoms with E-state index in [4.69, 9.17) is 0 Å². The Morgan fingerprint density at radius 2 is 1.81 bits per heavy atom. The van der Waals surface area contributed by atoms with Crippen LogP contribution in [0, 0.1) is 3.57 Å². The summed E-state index contributed by atoms with van der Waals surface area (Å²) in [6.45, 7) is 0. The molecule has 2 N–H and O–H groups in total. The van der Waals surface area contributed by atoms with Crippen molar-refractivity contribution in [1.29, 1.82) is 0 Å². The minimum Gasteiger partial charge on any atom is -0.494 e. The molecule has 0 unspecified atom stereocenters. The number of rotatable bonds is 2. The van der Waals surface area contributed by atoms with Crippen molar-refractivity contribution in [3.05, 3.63) is 39.5 Å². The predicted molar refractivity (Wildman–Crippen MR) is 74.4 cm³/mol. The fourth-order valence-electron chi connectivity index (χ4n) is 1.48. The second-order valence-electron chi connectivity index (χ2n) is 3.30. The summed E-state index contributed by atoms with van der Waals surface area (Å²) in [6.07, 6.45) is 0. The Hall–Kier alpha value is -0.690. The molecule has 0 aliphatic rings. The zero-order valence-corrected chi connectivity index (χ0v) is 11.9. The number of benzene rings is 1. The lowest BCUT2D eigenvalue weighted by molar-refractivity contribution is 0.401. The molecule has 2 aromatic rings. The van der Waals surface area contributed by atoms with Crippen molar-refractivity contribution in [2.45, 2.75) is 5.33 Å². The lowest BCUT2D eigenvalue weighted by atomic mass is 10.3. The molecular weight excluding hydrogens is 385 g/mol. The third-order valence-corrected chi connectivity index (χ3v) is 3.58. The van der Waals surface area contributed by atoms with Gasteiger partial charge < -0.3 is 10.2 Å². The van der Waals surface area contributed by atoms with Crippen molar-refractivity contribution in [1.82, 2.24) is 4.57 Å². The van der Waals surface area contributed by atoms with E-state index in [2.05, 4.69) is 38.5 Å². The average molecular weight is 394 g/mol. The summed E-state index contributed by atoms with van der Waals surface area (Å²) in [6, 6.07) is 9.08. The van der Waals surface area contributed by atoms with Crippen molar-refractivity contribution in [2.75, 3.05) is 0 Å². The lowest BCUT2D eigenvalue weighted by Gasteiger charge is -2.06. The molecule has 0 fully saturated rings. The standard InChI is InChI=1S/C11H9BrINO2/c12-6-7-5-10(15)14(11(7)16)9-3-1-8(13)2-4-9/h1-5,15-16H,6H2. The Labute approximate surface area is 115 Å². The summed E-state index contributed by atoms with van der Waals surface area (Å²) in [5, 5.41) is 20.2. The molecule has 5 heteroatoms. The number of alkyl halides is 1. The van der Waals surface area contributed by atoms with Crippen LogP contribution in [-0.4, -0.2) is 14.8 Å². The fraction of sp³-hybridized carbons (Fsp3) is 0.0909. The first-order chi connectivity index (χ1) is 7.63. The van der Waals surface area contributed by atoms with Crippen molar-refractivity contribution >= 4 is 38.5 Å². The van der Waals surface area contributed by atoms with E-state index >= 15 is 0 Å². The molecule has 0 saturated carbocycles. The highest BCUT2D eigenvalue weighted by molar-refractivity contribution is 14.1. The maximum Gasteiger partial charge on any atom is 0.202 e. The van der Waals surface area contributed by atoms with E-state index in [-0.39, 0.29) is 11.8 Å². The van der Waals surface area contributed by atoms with Crippen LogP contribution in [0.15, 0.2) is 30.3 Å². The van der Waals surface area contributed by atoms with Gasteiger partial charge in [-0.05, 0) is 46.9 Å². The molecule has 0 aliphatic heterocycles. The van der Waals surface area contributed by atoms with Crippen LogP contribution in [0.3, 0.4) is 0 Å². The van der Waals surface area contributed by atoms with Crippen molar-refractivity contribution < 1.29 is 10.2 Å². The van der Waals surface area contributed by atoms with E-state index in [1.54, 1.807) is 6.07 Å². The zero-order valence-electron chi connectivity index (χ0n) is 8.19. The highest BCUT2D eigenvalue weighted by atomic mass is 127. The minimum atomic E-state index is 0.0353. The summed E-state index contributed by atoms with van der Waals surface area (Å²) in [7, 11) is 0. The summed E-state index contributed by atoms with van der Waals surface area (Å²) >= 11 is 5.46. The highest BCUT2D eigenvalue weighted by Crippen LogP contribution is 2.32. The van der Waals surface area contributed by atoms with Crippen LogP contribution in [-0.2, 0) is 5.33 Å². The molecular formula is C11H9BrINO2. The number of halogens is 2. The Kier molecular flexibility index (Phi) is 3.44. The highest BCUT2D eigenvalue weighted by Gasteiger charge is 2.13. The molecule has 0 amide bonds. The Morgan fingerprint density at radius 1 is 1.19 bits per heavy atom. The summed E-state index contributed by atoms with van der Waals surface area (Å²) < 4.78 is 2.51. The van der Waals surface area contributed by atoms with Crippen molar-refractivity contribution in [3.63, 3.8) is 0 Å². The molecule has 1 heterocycles. The number of aromatic nitrogens is 1. The predicted octanol–water partition coefficient (Wildman–Crippen LogP) is 3.39. The molecule has 1 aromatic heterocycles. The van der Waals surface area contributed by atoms with Crippen molar-refractivity contribution in [2.24, 2.45) is 0 Å². The molecule has 0 spiro atoms. The van der Waals surface area contributed by atoms with Crippen LogP contribution in [0.4, 0.5) is 0 Å². The van der Waals surface area contributed by atoms with E-state index in [0.717, 1.165) is 9.26 Å². The van der Waals surface area contributed by atoms with Crippen LogP contribution < -0.4 is 0 Å². The van der Waals surface area contributed by atoms with Gasteiger partial charge in [-0.3, -0.25) is 4.57 Å². The third-order valence-electron chi connectivity index (χ3n) is 2.26. The molecule has 0 aliphatic carbocycles. The normalized spacial score (nSPS) is 10.6. The maximum atomic E-state index is 9.90. The second kappa shape index (κ2) is 4.67. The summed E-state index contributed by atoms with van der Waals surface area (Å²) in [5.41, 5.74) is 1.40. The number of hydrogen-bond acceptors (Lipinski definition) is 2. The Morgan fingerprint density at radius 3 is 2.31 bits per heavy atom. The summed E-state index contributed by atoms with van der Waals surface area (Å²) in [5.74, 6) is 0.101. The van der Waals surface area contributed by atoms with Gasteiger partial charge >= 0.3 is 0 Å². The topological polar surface area (TPSA) is 45.4 Å². The van der Waals surface area contributed by atoms with Gasteiger partial charge in [-0.2, -0.15) is 0 Å². The van der Waals surface area contributed by atoms with Crippen molar-refractivity contribution in [3.8, 4) is 17.4 Å². The molecule has 84 valence electrons. The van der Waals surface area contributed by atoms with Gasteiger partial charge in [0, 0.05) is 20.5 Å². The first-order valence-electron chi connectivity index (χ1n) is 4.58. The van der Waals surface area contributed by atoms with E-state index in [9.17, 15) is 10.2 Å². The third kappa shape index (κ3) is 2.06. The van der Waals surface area contributed by atoms with Gasteiger partial charge in [0.25, 0.3) is 0 Å². The smallest absolute Gasteiger partial charge is 0.202 e. The molecule has 0 saturated heterocycles. The van der Waals surface area contributed by atoms with Crippen LogP contribution in [0.5, 0.6) is 11.8 Å². The zero-order chi connectivity index (χ0) is 11.7. The molecule has 3 nitrogen and oxygen atoms in total. The molecule has 2 rings (SSSR count). The first kappa shape index (κ1) is 11.8. The molecule has 0 radical (unpaired) electrons. The molecule has 1 aromatic carbocycles. The Balaban J connectivity index is 2.55. The van der Waals surface area contributed by atoms with Crippen LogP contribution in [0.25, 0.3) is 5.69 Å². The number of nitrogens with zero attached hydrogens (tertiary/aromatic N) is 1.